The number of hydrogen-bond acceptors (Lipinski definition) is 5. The molecule has 0 atom stereocenters. The van der Waals surface area contributed by atoms with Gasteiger partial charge in [0.1, 0.15) is 0 Å². The highest BCUT2D eigenvalue weighted by atomic mass is 35.5. The van der Waals surface area contributed by atoms with Crippen molar-refractivity contribution in [2.75, 3.05) is 11.9 Å². The lowest BCUT2D eigenvalue weighted by molar-refractivity contribution is 0.965. The first kappa shape index (κ1) is 11.6. The third-order valence-corrected chi connectivity index (χ3v) is 3.00. The van der Waals surface area contributed by atoms with Gasteiger partial charge in [-0.2, -0.15) is 0 Å². The molecule has 0 aliphatic heterocycles. The second kappa shape index (κ2) is 5.43. The summed E-state index contributed by atoms with van der Waals surface area (Å²) in [5.74, 6) is 0. The second-order valence-electron chi connectivity index (χ2n) is 3.03. The van der Waals surface area contributed by atoms with Gasteiger partial charge in [-0.25, -0.2) is 4.98 Å². The Morgan fingerprint density at radius 2 is 2.19 bits per heavy atom. The van der Waals surface area contributed by atoms with Crippen molar-refractivity contribution in [3.8, 4) is 0 Å². The van der Waals surface area contributed by atoms with Gasteiger partial charge in [-0.15, -0.1) is 21.5 Å². The molecule has 2 rings (SSSR count). The number of halogens is 2. The monoisotopic (exact) mass is 274 g/mol. The summed E-state index contributed by atoms with van der Waals surface area (Å²) >= 11 is 13.1. The molecule has 4 nitrogen and oxygen atoms in total. The Hall–Kier alpha value is -0.910. The SMILES string of the molecule is Clc1cc(NCCc2cscn2)c(Cl)nn1. The second-order valence-corrected chi connectivity index (χ2v) is 4.49. The van der Waals surface area contributed by atoms with E-state index >= 15 is 0 Å². The molecule has 2 heterocycles. The highest BCUT2D eigenvalue weighted by Gasteiger charge is 2.03. The lowest BCUT2D eigenvalue weighted by atomic mass is 10.3. The fourth-order valence-corrected chi connectivity index (χ4v) is 2.06. The number of aromatic nitrogens is 3. The molecule has 7 heteroatoms. The fraction of sp³-hybridized carbons (Fsp3) is 0.222. The minimum absolute atomic E-state index is 0.320. The zero-order valence-corrected chi connectivity index (χ0v) is 10.5. The van der Waals surface area contributed by atoms with Gasteiger partial charge in [-0.3, -0.25) is 0 Å². The van der Waals surface area contributed by atoms with Crippen molar-refractivity contribution in [1.82, 2.24) is 15.2 Å². The number of anilines is 1. The molecular formula is C9H8Cl2N4S. The van der Waals surface area contributed by atoms with Gasteiger partial charge >= 0.3 is 0 Å². The quantitative estimate of drug-likeness (QED) is 0.932. The summed E-state index contributed by atoms with van der Waals surface area (Å²) in [5.41, 5.74) is 3.56. The zero-order valence-electron chi connectivity index (χ0n) is 8.15. The Bertz CT molecular complexity index is 461. The molecule has 0 aliphatic rings. The summed E-state index contributed by atoms with van der Waals surface area (Å²) in [6.07, 6.45) is 0.833. The highest BCUT2D eigenvalue weighted by Crippen LogP contribution is 2.20. The molecule has 0 fully saturated rings. The standard InChI is InChI=1S/C9H8Cl2N4S/c10-8-3-7(9(11)15-14-8)12-2-1-6-4-16-5-13-6/h3-5H,1-2H2,(H,12,14). The van der Waals surface area contributed by atoms with E-state index in [4.69, 9.17) is 23.2 Å². The highest BCUT2D eigenvalue weighted by molar-refractivity contribution is 7.07. The minimum Gasteiger partial charge on any atom is -0.382 e. The summed E-state index contributed by atoms with van der Waals surface area (Å²) in [6.45, 7) is 0.728. The molecule has 1 N–H and O–H groups in total. The van der Waals surface area contributed by atoms with Gasteiger partial charge in [0, 0.05) is 24.4 Å². The first-order valence-electron chi connectivity index (χ1n) is 4.55. The smallest absolute Gasteiger partial charge is 0.174 e. The molecule has 0 bridgehead atoms. The molecule has 0 saturated carbocycles. The molecule has 0 aliphatic carbocycles. The predicted octanol–water partition coefficient (Wildman–Crippen LogP) is 2.89. The molecular weight excluding hydrogens is 267 g/mol. The molecule has 0 aromatic carbocycles. The maximum absolute atomic E-state index is 5.85. The molecule has 0 unspecified atom stereocenters. The van der Waals surface area contributed by atoms with E-state index in [1.165, 1.54) is 0 Å². The van der Waals surface area contributed by atoms with E-state index in [0.717, 1.165) is 18.7 Å². The number of thiazole rings is 1. The van der Waals surface area contributed by atoms with Crippen LogP contribution in [0, 0.1) is 0 Å². The molecule has 0 saturated heterocycles. The van der Waals surface area contributed by atoms with Gasteiger partial charge in [0.05, 0.1) is 16.9 Å². The summed E-state index contributed by atoms with van der Waals surface area (Å²) in [6, 6.07) is 1.65. The number of rotatable bonds is 4. The van der Waals surface area contributed by atoms with Crippen LogP contribution in [0.1, 0.15) is 5.69 Å². The van der Waals surface area contributed by atoms with E-state index in [9.17, 15) is 0 Å². The predicted molar refractivity (Wildman–Crippen MR) is 66.4 cm³/mol. The Morgan fingerprint density at radius 3 is 2.94 bits per heavy atom. The van der Waals surface area contributed by atoms with Crippen LogP contribution in [0.5, 0.6) is 0 Å². The fourth-order valence-electron chi connectivity index (χ4n) is 1.16. The molecule has 0 amide bonds. The topological polar surface area (TPSA) is 50.7 Å². The number of nitrogens with zero attached hydrogens (tertiary/aromatic N) is 3. The lowest BCUT2D eigenvalue weighted by Gasteiger charge is -2.06. The number of nitrogens with one attached hydrogen (secondary N) is 1. The van der Waals surface area contributed by atoms with Crippen LogP contribution >= 0.6 is 34.5 Å². The van der Waals surface area contributed by atoms with Crippen molar-refractivity contribution in [2.24, 2.45) is 0 Å². The van der Waals surface area contributed by atoms with Crippen LogP contribution in [0.3, 0.4) is 0 Å². The van der Waals surface area contributed by atoms with Crippen LogP contribution in [-0.4, -0.2) is 21.7 Å². The lowest BCUT2D eigenvalue weighted by Crippen LogP contribution is -2.06. The molecule has 2 aromatic rings. The Balaban J connectivity index is 1.92. The van der Waals surface area contributed by atoms with Crippen molar-refractivity contribution >= 4 is 40.2 Å². The molecule has 16 heavy (non-hydrogen) atoms. The van der Waals surface area contributed by atoms with E-state index in [1.807, 2.05) is 10.9 Å². The molecule has 2 aromatic heterocycles. The average molecular weight is 275 g/mol. The van der Waals surface area contributed by atoms with Gasteiger partial charge in [0.2, 0.25) is 0 Å². The largest absolute Gasteiger partial charge is 0.382 e. The van der Waals surface area contributed by atoms with Crippen molar-refractivity contribution in [3.63, 3.8) is 0 Å². The molecule has 0 spiro atoms. The van der Waals surface area contributed by atoms with Gasteiger partial charge in [0.25, 0.3) is 0 Å². The summed E-state index contributed by atoms with van der Waals surface area (Å²) in [4.78, 5) is 4.18. The van der Waals surface area contributed by atoms with Crippen LogP contribution in [0.15, 0.2) is 17.0 Å². The number of hydrogen-bond donors (Lipinski definition) is 1. The van der Waals surface area contributed by atoms with Gasteiger partial charge in [-0.1, -0.05) is 23.2 Å². The van der Waals surface area contributed by atoms with E-state index in [1.54, 1.807) is 17.4 Å². The van der Waals surface area contributed by atoms with E-state index < -0.39 is 0 Å². The minimum atomic E-state index is 0.320. The zero-order chi connectivity index (χ0) is 11.4. The molecule has 0 radical (unpaired) electrons. The third-order valence-electron chi connectivity index (χ3n) is 1.90. The first-order chi connectivity index (χ1) is 7.75. The maximum Gasteiger partial charge on any atom is 0.174 e. The van der Waals surface area contributed by atoms with Crippen LogP contribution in [0.2, 0.25) is 10.3 Å². The van der Waals surface area contributed by atoms with Crippen molar-refractivity contribution < 1.29 is 0 Å². The van der Waals surface area contributed by atoms with Crippen molar-refractivity contribution in [3.05, 3.63) is 33.0 Å². The van der Waals surface area contributed by atoms with E-state index in [2.05, 4.69) is 20.5 Å². The van der Waals surface area contributed by atoms with Gasteiger partial charge < -0.3 is 5.32 Å². The Kier molecular flexibility index (Phi) is 3.93. The summed E-state index contributed by atoms with van der Waals surface area (Å²) in [7, 11) is 0. The Morgan fingerprint density at radius 1 is 1.31 bits per heavy atom. The summed E-state index contributed by atoms with van der Waals surface area (Å²) in [5, 5.41) is 13.1. The van der Waals surface area contributed by atoms with Crippen LogP contribution < -0.4 is 5.32 Å². The van der Waals surface area contributed by atoms with Crippen LogP contribution in [0.4, 0.5) is 5.69 Å². The maximum atomic E-state index is 5.85. The van der Waals surface area contributed by atoms with Crippen molar-refractivity contribution in [1.29, 1.82) is 0 Å². The van der Waals surface area contributed by atoms with E-state index in [-0.39, 0.29) is 0 Å². The van der Waals surface area contributed by atoms with Gasteiger partial charge in [-0.05, 0) is 0 Å². The van der Waals surface area contributed by atoms with Crippen LogP contribution in [0.25, 0.3) is 0 Å². The third kappa shape index (κ3) is 3.04. The van der Waals surface area contributed by atoms with Crippen LogP contribution in [-0.2, 0) is 6.42 Å². The summed E-state index contributed by atoms with van der Waals surface area (Å²) < 4.78 is 0. The Labute approximate surface area is 107 Å². The average Bonchev–Trinajstić information content (AvgIpc) is 2.76. The van der Waals surface area contributed by atoms with Crippen molar-refractivity contribution in [2.45, 2.75) is 6.42 Å². The first-order valence-corrected chi connectivity index (χ1v) is 6.25. The van der Waals surface area contributed by atoms with E-state index in [0.29, 0.717) is 16.0 Å². The molecule has 84 valence electrons. The normalized spacial score (nSPS) is 10.4. The van der Waals surface area contributed by atoms with Gasteiger partial charge in [0.15, 0.2) is 10.3 Å².